The predicted octanol–water partition coefficient (Wildman–Crippen LogP) is 2.08. The quantitative estimate of drug-likeness (QED) is 0.736. The first-order valence-corrected chi connectivity index (χ1v) is 8.09. The van der Waals surface area contributed by atoms with Gasteiger partial charge >= 0.3 is 0 Å². The molecule has 0 aliphatic heterocycles. The van der Waals surface area contributed by atoms with Gasteiger partial charge in [0, 0.05) is 11.0 Å². The summed E-state index contributed by atoms with van der Waals surface area (Å²) >= 11 is 3.39. The molecule has 0 atom stereocenters. The number of nitrogens with zero attached hydrogens (tertiary/aromatic N) is 3. The highest BCUT2D eigenvalue weighted by atomic mass is 79.9. The molecule has 8 heteroatoms. The van der Waals surface area contributed by atoms with Crippen LogP contribution >= 0.6 is 15.9 Å². The number of amides is 1. The normalized spacial score (nSPS) is 11.0. The number of hydrogen-bond donors (Lipinski definition) is 1. The molecular formula is C16H15BrN4O3. The Morgan fingerprint density at radius 1 is 1.38 bits per heavy atom. The van der Waals surface area contributed by atoms with E-state index in [1.807, 2.05) is 24.3 Å². The number of fused-ring (bicyclic) bond motifs is 1. The van der Waals surface area contributed by atoms with Crippen molar-refractivity contribution in [1.82, 2.24) is 20.0 Å². The first kappa shape index (κ1) is 16.4. The van der Waals surface area contributed by atoms with Crippen LogP contribution in [-0.2, 0) is 17.9 Å². The minimum Gasteiger partial charge on any atom is -0.350 e. The van der Waals surface area contributed by atoms with Crippen molar-refractivity contribution < 1.29 is 9.32 Å². The van der Waals surface area contributed by atoms with Gasteiger partial charge in [-0.3, -0.25) is 14.2 Å². The van der Waals surface area contributed by atoms with Crippen LogP contribution in [-0.4, -0.2) is 20.6 Å². The minimum absolute atomic E-state index is 0.105. The van der Waals surface area contributed by atoms with Crippen LogP contribution in [0.1, 0.15) is 17.1 Å². The second kappa shape index (κ2) is 6.56. The Kier molecular flexibility index (Phi) is 4.48. The summed E-state index contributed by atoms with van der Waals surface area (Å²) in [5, 5.41) is 6.85. The number of halogens is 1. The van der Waals surface area contributed by atoms with Crippen LogP contribution in [0.3, 0.4) is 0 Å². The lowest BCUT2D eigenvalue weighted by Gasteiger charge is -2.10. The highest BCUT2D eigenvalue weighted by Crippen LogP contribution is 2.12. The number of hydrogen-bond acceptors (Lipinski definition) is 5. The second-order valence-corrected chi connectivity index (χ2v) is 6.32. The number of aryl methyl sites for hydroxylation is 2. The lowest BCUT2D eigenvalue weighted by Crippen LogP contribution is -2.33. The third-order valence-electron chi connectivity index (χ3n) is 3.64. The van der Waals surface area contributed by atoms with Gasteiger partial charge in [0.25, 0.3) is 11.3 Å². The van der Waals surface area contributed by atoms with Crippen LogP contribution in [0, 0.1) is 13.8 Å². The van der Waals surface area contributed by atoms with Crippen molar-refractivity contribution in [1.29, 1.82) is 0 Å². The summed E-state index contributed by atoms with van der Waals surface area (Å²) < 4.78 is 7.27. The molecule has 0 saturated carbocycles. The average Bonchev–Trinajstić information content (AvgIpc) is 2.90. The van der Waals surface area contributed by atoms with E-state index < -0.39 is 0 Å². The van der Waals surface area contributed by atoms with Gasteiger partial charge in [0.05, 0.1) is 5.69 Å². The maximum atomic E-state index is 12.5. The van der Waals surface area contributed by atoms with Gasteiger partial charge < -0.3 is 9.84 Å². The summed E-state index contributed by atoms with van der Waals surface area (Å²) in [6.45, 7) is 3.60. The summed E-state index contributed by atoms with van der Waals surface area (Å²) in [5.41, 5.74) is 1.30. The Balaban J connectivity index is 1.78. The molecular weight excluding hydrogens is 376 g/mol. The van der Waals surface area contributed by atoms with Gasteiger partial charge in [-0.1, -0.05) is 33.2 Å². The van der Waals surface area contributed by atoms with E-state index in [1.54, 1.807) is 13.8 Å². The molecule has 0 aliphatic rings. The fraction of sp³-hybridized carbons (Fsp3) is 0.250. The van der Waals surface area contributed by atoms with E-state index in [9.17, 15) is 9.59 Å². The summed E-state index contributed by atoms with van der Waals surface area (Å²) in [6.07, 6.45) is 0. The Morgan fingerprint density at radius 3 is 2.92 bits per heavy atom. The van der Waals surface area contributed by atoms with Crippen LogP contribution in [0.2, 0.25) is 0 Å². The Bertz CT molecular complexity index is 977. The summed E-state index contributed by atoms with van der Waals surface area (Å²) in [5.74, 6) is 0.136. The van der Waals surface area contributed by atoms with Gasteiger partial charge in [-0.2, -0.15) is 4.98 Å². The third kappa shape index (κ3) is 3.23. The van der Waals surface area contributed by atoms with E-state index in [0.29, 0.717) is 23.4 Å². The van der Waals surface area contributed by atoms with Crippen molar-refractivity contribution >= 4 is 32.9 Å². The third-order valence-corrected chi connectivity index (χ3v) is 4.13. The highest BCUT2D eigenvalue weighted by Gasteiger charge is 2.16. The van der Waals surface area contributed by atoms with Crippen LogP contribution in [0.15, 0.2) is 38.1 Å². The molecule has 1 amide bonds. The molecule has 0 radical (unpaired) electrons. The molecule has 124 valence electrons. The van der Waals surface area contributed by atoms with Gasteiger partial charge in [-0.15, -0.1) is 0 Å². The van der Waals surface area contributed by atoms with Crippen LogP contribution < -0.4 is 10.9 Å². The van der Waals surface area contributed by atoms with Crippen molar-refractivity contribution in [3.63, 3.8) is 0 Å². The fourth-order valence-corrected chi connectivity index (χ4v) is 2.85. The molecule has 0 saturated heterocycles. The van der Waals surface area contributed by atoms with E-state index in [-0.39, 0.29) is 23.7 Å². The second-order valence-electron chi connectivity index (χ2n) is 5.41. The van der Waals surface area contributed by atoms with Crippen molar-refractivity contribution in [3.05, 3.63) is 56.2 Å². The first-order chi connectivity index (χ1) is 11.5. The zero-order chi connectivity index (χ0) is 17.3. The molecule has 3 aromatic rings. The maximum Gasteiger partial charge on any atom is 0.267 e. The standard InChI is InChI=1S/C16H15BrN4O3/c1-9-14-15(24-20-9)19-10(2)21(16(14)23)8-13(22)18-7-11-4-3-5-12(17)6-11/h3-6H,7-8H2,1-2H3,(H,18,22). The molecule has 7 nitrogen and oxygen atoms in total. The van der Waals surface area contributed by atoms with E-state index in [1.165, 1.54) is 4.57 Å². The predicted molar refractivity (Wildman–Crippen MR) is 91.5 cm³/mol. The van der Waals surface area contributed by atoms with Crippen molar-refractivity contribution in [2.24, 2.45) is 0 Å². The Morgan fingerprint density at radius 2 is 2.17 bits per heavy atom. The highest BCUT2D eigenvalue weighted by molar-refractivity contribution is 9.10. The van der Waals surface area contributed by atoms with Crippen LogP contribution in [0.5, 0.6) is 0 Å². The van der Waals surface area contributed by atoms with Gasteiger partial charge in [0.15, 0.2) is 0 Å². The number of nitrogens with one attached hydrogen (secondary N) is 1. The lowest BCUT2D eigenvalue weighted by atomic mass is 10.2. The van der Waals surface area contributed by atoms with Crippen LogP contribution in [0.4, 0.5) is 0 Å². The molecule has 1 aromatic carbocycles. The molecule has 2 heterocycles. The minimum atomic E-state index is -0.325. The van der Waals surface area contributed by atoms with E-state index in [4.69, 9.17) is 4.52 Å². The van der Waals surface area contributed by atoms with E-state index >= 15 is 0 Å². The largest absolute Gasteiger partial charge is 0.350 e. The van der Waals surface area contributed by atoms with Gasteiger partial charge in [-0.25, -0.2) is 0 Å². The molecule has 0 bridgehead atoms. The van der Waals surface area contributed by atoms with Gasteiger partial charge in [-0.05, 0) is 31.5 Å². The molecule has 0 unspecified atom stereocenters. The summed E-state index contributed by atoms with van der Waals surface area (Å²) in [6, 6.07) is 7.64. The molecule has 3 rings (SSSR count). The number of rotatable bonds is 4. The maximum absolute atomic E-state index is 12.5. The number of carbonyl (C=O) groups is 1. The molecule has 0 fully saturated rings. The van der Waals surface area contributed by atoms with Gasteiger partial charge in [0.1, 0.15) is 17.8 Å². The monoisotopic (exact) mass is 390 g/mol. The number of aromatic nitrogens is 3. The Labute approximate surface area is 145 Å². The Hall–Kier alpha value is -2.48. The number of carbonyl (C=O) groups excluding carboxylic acids is 1. The van der Waals surface area contributed by atoms with Crippen molar-refractivity contribution in [2.45, 2.75) is 26.9 Å². The molecule has 24 heavy (non-hydrogen) atoms. The first-order valence-electron chi connectivity index (χ1n) is 7.30. The fourth-order valence-electron chi connectivity index (χ4n) is 2.40. The molecule has 0 aliphatic carbocycles. The van der Waals surface area contributed by atoms with Gasteiger partial charge in [0.2, 0.25) is 5.91 Å². The van der Waals surface area contributed by atoms with Crippen molar-refractivity contribution in [2.75, 3.05) is 0 Å². The molecule has 2 aromatic heterocycles. The summed E-state index contributed by atoms with van der Waals surface area (Å²) in [4.78, 5) is 28.9. The number of benzene rings is 1. The topological polar surface area (TPSA) is 90.0 Å². The zero-order valence-corrected chi connectivity index (χ0v) is 14.8. The summed E-state index contributed by atoms with van der Waals surface area (Å²) in [7, 11) is 0. The van der Waals surface area contributed by atoms with E-state index in [2.05, 4.69) is 31.4 Å². The zero-order valence-electron chi connectivity index (χ0n) is 13.2. The average molecular weight is 391 g/mol. The lowest BCUT2D eigenvalue weighted by molar-refractivity contribution is -0.121. The smallest absolute Gasteiger partial charge is 0.267 e. The molecule has 1 N–H and O–H groups in total. The SMILES string of the molecule is Cc1noc2nc(C)n(CC(=O)NCc3cccc(Br)c3)c(=O)c12. The van der Waals surface area contributed by atoms with Crippen LogP contribution in [0.25, 0.3) is 11.1 Å². The van der Waals surface area contributed by atoms with Crippen molar-refractivity contribution in [3.8, 4) is 0 Å². The van der Waals surface area contributed by atoms with E-state index in [0.717, 1.165) is 10.0 Å². The molecule has 0 spiro atoms.